The van der Waals surface area contributed by atoms with Gasteiger partial charge in [-0.05, 0) is 42.7 Å². The van der Waals surface area contributed by atoms with E-state index in [-0.39, 0.29) is 5.91 Å². The largest absolute Gasteiger partial charge is 0.338 e. The lowest BCUT2D eigenvalue weighted by Gasteiger charge is -2.26. The van der Waals surface area contributed by atoms with Gasteiger partial charge in [0.05, 0.1) is 4.88 Å². The summed E-state index contributed by atoms with van der Waals surface area (Å²) in [4.78, 5) is 15.8. The molecule has 0 unspecified atom stereocenters. The van der Waals surface area contributed by atoms with Crippen LogP contribution in [0.5, 0.6) is 0 Å². The van der Waals surface area contributed by atoms with Crippen molar-refractivity contribution in [2.45, 2.75) is 39.0 Å². The van der Waals surface area contributed by atoms with E-state index in [0.717, 1.165) is 43.6 Å². The quantitative estimate of drug-likeness (QED) is 0.815. The lowest BCUT2D eigenvalue weighted by atomic mass is 10.0. The molecule has 3 heteroatoms. The maximum Gasteiger partial charge on any atom is 0.264 e. The molecule has 0 atom stereocenters. The molecule has 1 fully saturated rings. The molecular formula is C17H21NOS. The van der Waals surface area contributed by atoms with Crippen LogP contribution in [0.25, 0.3) is 10.1 Å². The van der Waals surface area contributed by atoms with Gasteiger partial charge in [-0.2, -0.15) is 0 Å². The number of aryl methyl sites for hydroxylation is 1. The first-order valence-electron chi connectivity index (χ1n) is 7.61. The van der Waals surface area contributed by atoms with E-state index >= 15 is 0 Å². The predicted octanol–water partition coefficient (Wildman–Crippen LogP) is 4.48. The molecule has 1 aromatic heterocycles. The minimum absolute atomic E-state index is 0.259. The van der Waals surface area contributed by atoms with Gasteiger partial charge < -0.3 is 4.90 Å². The van der Waals surface area contributed by atoms with Crippen LogP contribution in [0.3, 0.4) is 0 Å². The fourth-order valence-corrected chi connectivity index (χ4v) is 4.23. The molecule has 1 saturated heterocycles. The highest BCUT2D eigenvalue weighted by molar-refractivity contribution is 7.21. The molecular weight excluding hydrogens is 266 g/mol. The fraction of sp³-hybridized carbons (Fsp3) is 0.471. The maximum absolute atomic E-state index is 12.8. The number of thiophene rings is 1. The molecule has 0 N–H and O–H groups in total. The zero-order valence-electron chi connectivity index (χ0n) is 12.0. The molecule has 1 amide bonds. The number of carbonyl (C=O) groups excluding carboxylic acids is 1. The Hall–Kier alpha value is -1.35. The average Bonchev–Trinajstić information content (AvgIpc) is 2.87. The molecule has 106 valence electrons. The van der Waals surface area contributed by atoms with Gasteiger partial charge in [-0.1, -0.05) is 31.5 Å². The lowest BCUT2D eigenvalue weighted by molar-refractivity contribution is 0.0728. The molecule has 2 aromatic rings. The van der Waals surface area contributed by atoms with Crippen LogP contribution < -0.4 is 0 Å². The van der Waals surface area contributed by atoms with Gasteiger partial charge in [-0.15, -0.1) is 11.3 Å². The molecule has 0 saturated carbocycles. The molecule has 0 aliphatic carbocycles. The lowest BCUT2D eigenvalue weighted by Crippen LogP contribution is -2.35. The summed E-state index contributed by atoms with van der Waals surface area (Å²) in [6.07, 6.45) is 5.65. The van der Waals surface area contributed by atoms with Gasteiger partial charge in [0.2, 0.25) is 0 Å². The summed E-state index contributed by atoms with van der Waals surface area (Å²) in [5, 5.41) is 1.28. The van der Waals surface area contributed by atoms with Crippen molar-refractivity contribution in [1.82, 2.24) is 4.90 Å². The minimum Gasteiger partial charge on any atom is -0.338 e. The highest BCUT2D eigenvalue weighted by atomic mass is 32.1. The SMILES string of the molecule is CCCc1c(C(=O)N2CCCCC2)sc2ccccc12. The third kappa shape index (κ3) is 2.47. The number of likely N-dealkylation sites (tertiary alicyclic amines) is 1. The maximum atomic E-state index is 12.8. The van der Waals surface area contributed by atoms with Crippen molar-refractivity contribution in [2.24, 2.45) is 0 Å². The smallest absolute Gasteiger partial charge is 0.264 e. The van der Waals surface area contributed by atoms with E-state index in [1.807, 2.05) is 4.90 Å². The number of amides is 1. The van der Waals surface area contributed by atoms with Crippen molar-refractivity contribution in [3.05, 3.63) is 34.7 Å². The minimum atomic E-state index is 0.259. The monoisotopic (exact) mass is 287 g/mol. The van der Waals surface area contributed by atoms with Crippen molar-refractivity contribution >= 4 is 27.3 Å². The second kappa shape index (κ2) is 5.96. The summed E-state index contributed by atoms with van der Waals surface area (Å²) >= 11 is 1.67. The number of carbonyl (C=O) groups is 1. The highest BCUT2D eigenvalue weighted by Crippen LogP contribution is 2.33. The Labute approximate surface area is 124 Å². The Balaban J connectivity index is 2.00. The third-order valence-electron chi connectivity index (χ3n) is 4.04. The van der Waals surface area contributed by atoms with Crippen molar-refractivity contribution in [2.75, 3.05) is 13.1 Å². The van der Waals surface area contributed by atoms with E-state index in [2.05, 4.69) is 31.2 Å². The first-order valence-corrected chi connectivity index (χ1v) is 8.42. The fourth-order valence-electron chi connectivity index (χ4n) is 3.01. The molecule has 3 rings (SSSR count). The van der Waals surface area contributed by atoms with Crippen LogP contribution in [0, 0.1) is 0 Å². The van der Waals surface area contributed by atoms with Gasteiger partial charge in [-0.25, -0.2) is 0 Å². The number of nitrogens with zero attached hydrogens (tertiary/aromatic N) is 1. The molecule has 0 bridgehead atoms. The number of piperidine rings is 1. The molecule has 0 radical (unpaired) electrons. The van der Waals surface area contributed by atoms with Crippen LogP contribution in [0.2, 0.25) is 0 Å². The van der Waals surface area contributed by atoms with Gasteiger partial charge in [0.25, 0.3) is 5.91 Å². The molecule has 2 nitrogen and oxygen atoms in total. The van der Waals surface area contributed by atoms with Gasteiger partial charge in [0.15, 0.2) is 0 Å². The summed E-state index contributed by atoms with van der Waals surface area (Å²) in [5.74, 6) is 0.259. The Bertz CT molecular complexity index is 610. The third-order valence-corrected chi connectivity index (χ3v) is 5.24. The molecule has 1 aliphatic rings. The van der Waals surface area contributed by atoms with Gasteiger partial charge in [0, 0.05) is 17.8 Å². The van der Waals surface area contributed by atoms with E-state index in [4.69, 9.17) is 0 Å². The topological polar surface area (TPSA) is 20.3 Å². The van der Waals surface area contributed by atoms with Crippen molar-refractivity contribution in [3.8, 4) is 0 Å². The second-order valence-corrected chi connectivity index (χ2v) is 6.56. The Morgan fingerprint density at radius 2 is 1.95 bits per heavy atom. The normalized spacial score (nSPS) is 15.8. The van der Waals surface area contributed by atoms with Crippen molar-refractivity contribution in [3.63, 3.8) is 0 Å². The van der Waals surface area contributed by atoms with Gasteiger partial charge >= 0.3 is 0 Å². The first-order chi connectivity index (χ1) is 9.81. The predicted molar refractivity (Wildman–Crippen MR) is 85.6 cm³/mol. The molecule has 1 aliphatic heterocycles. The van der Waals surface area contributed by atoms with Crippen LogP contribution in [0.1, 0.15) is 47.8 Å². The van der Waals surface area contributed by atoms with E-state index in [0.29, 0.717) is 0 Å². The number of hydrogen-bond donors (Lipinski definition) is 0. The number of hydrogen-bond acceptors (Lipinski definition) is 2. The average molecular weight is 287 g/mol. The number of rotatable bonds is 3. The van der Waals surface area contributed by atoms with Crippen LogP contribution in [0.15, 0.2) is 24.3 Å². The summed E-state index contributed by atoms with van der Waals surface area (Å²) < 4.78 is 1.25. The van der Waals surface area contributed by atoms with Crippen LogP contribution in [0.4, 0.5) is 0 Å². The van der Waals surface area contributed by atoms with Gasteiger partial charge in [0.1, 0.15) is 0 Å². The van der Waals surface area contributed by atoms with Crippen LogP contribution in [-0.4, -0.2) is 23.9 Å². The molecule has 2 heterocycles. The molecule has 20 heavy (non-hydrogen) atoms. The van der Waals surface area contributed by atoms with Crippen molar-refractivity contribution < 1.29 is 4.79 Å². The summed E-state index contributed by atoms with van der Waals surface area (Å²) in [5.41, 5.74) is 1.27. The van der Waals surface area contributed by atoms with E-state index in [1.54, 1.807) is 11.3 Å². The standard InChI is InChI=1S/C17H21NOS/c1-2-8-14-13-9-4-5-10-15(13)20-16(14)17(19)18-11-6-3-7-12-18/h4-5,9-10H,2-3,6-8,11-12H2,1H3. The highest BCUT2D eigenvalue weighted by Gasteiger charge is 2.23. The molecule has 1 aromatic carbocycles. The summed E-state index contributed by atoms with van der Waals surface area (Å²) in [7, 11) is 0. The second-order valence-electron chi connectivity index (χ2n) is 5.51. The first kappa shape index (κ1) is 13.6. The zero-order chi connectivity index (χ0) is 13.9. The van der Waals surface area contributed by atoms with Gasteiger partial charge in [-0.3, -0.25) is 4.79 Å². The van der Waals surface area contributed by atoms with Crippen molar-refractivity contribution in [1.29, 1.82) is 0 Å². The summed E-state index contributed by atoms with van der Waals surface area (Å²) in [6.45, 7) is 4.04. The Morgan fingerprint density at radius 1 is 1.20 bits per heavy atom. The zero-order valence-corrected chi connectivity index (χ0v) is 12.8. The summed E-state index contributed by atoms with van der Waals surface area (Å²) in [6, 6.07) is 8.42. The van der Waals surface area contributed by atoms with Crippen LogP contribution >= 0.6 is 11.3 Å². The Kier molecular flexibility index (Phi) is 4.06. The number of fused-ring (bicyclic) bond motifs is 1. The molecule has 0 spiro atoms. The van der Waals surface area contributed by atoms with E-state index in [1.165, 1.54) is 22.1 Å². The Morgan fingerprint density at radius 3 is 2.70 bits per heavy atom. The van der Waals surface area contributed by atoms with E-state index < -0.39 is 0 Å². The van der Waals surface area contributed by atoms with Crippen LogP contribution in [-0.2, 0) is 6.42 Å². The van der Waals surface area contributed by atoms with E-state index in [9.17, 15) is 4.79 Å². The number of benzene rings is 1.